The first-order valence-electron chi connectivity index (χ1n) is 8.91. The van der Waals surface area contributed by atoms with Crippen LogP contribution in [0.3, 0.4) is 0 Å². The molecule has 2 saturated carbocycles. The van der Waals surface area contributed by atoms with Crippen molar-refractivity contribution >= 4 is 0 Å². The van der Waals surface area contributed by atoms with Gasteiger partial charge in [-0.2, -0.15) is 0 Å². The van der Waals surface area contributed by atoms with Crippen molar-refractivity contribution in [2.75, 3.05) is 0 Å². The third-order valence-corrected chi connectivity index (χ3v) is 7.59. The van der Waals surface area contributed by atoms with Crippen LogP contribution in [-0.2, 0) is 0 Å². The van der Waals surface area contributed by atoms with Crippen LogP contribution >= 0.6 is 0 Å². The quantitative estimate of drug-likeness (QED) is 0.602. The molecular formula is C19H29NO2. The Morgan fingerprint density at radius 1 is 1.18 bits per heavy atom. The molecule has 7 atom stereocenters. The van der Waals surface area contributed by atoms with Crippen LogP contribution in [0.1, 0.15) is 52.4 Å². The second-order valence-corrected chi connectivity index (χ2v) is 8.56. The molecule has 22 heavy (non-hydrogen) atoms. The van der Waals surface area contributed by atoms with E-state index in [-0.39, 0.29) is 29.1 Å². The summed E-state index contributed by atoms with van der Waals surface area (Å²) in [7, 11) is 0. The highest BCUT2D eigenvalue weighted by atomic mass is 16.3. The lowest BCUT2D eigenvalue weighted by Gasteiger charge is -2.55. The van der Waals surface area contributed by atoms with Crippen molar-refractivity contribution in [3.05, 3.63) is 23.3 Å². The third kappa shape index (κ3) is 1.79. The standard InChI is InChI=1S/C19H29NO2/c1-18-7-5-12(21)9-11(18)10-15(22)17-13-3-4-16(20)19(13,2)8-6-14(17)18/h5,7,11-12,14-16,21-22H,3-4,6,8-10,20H2,1-2H3/t11?,12?,14-,15?,16?,18+,19+/m1/s1. The normalized spacial score (nSPS) is 54.0. The Kier molecular flexibility index (Phi) is 3.18. The van der Waals surface area contributed by atoms with E-state index in [4.69, 9.17) is 5.73 Å². The zero-order valence-electron chi connectivity index (χ0n) is 13.8. The Balaban J connectivity index is 1.82. The molecule has 0 aromatic heterocycles. The van der Waals surface area contributed by atoms with E-state index in [2.05, 4.69) is 19.9 Å². The summed E-state index contributed by atoms with van der Waals surface area (Å²) < 4.78 is 0. The number of hydrogen-bond acceptors (Lipinski definition) is 3. The molecule has 3 heteroatoms. The van der Waals surface area contributed by atoms with Crippen LogP contribution in [0, 0.1) is 22.7 Å². The average Bonchev–Trinajstić information content (AvgIpc) is 2.77. The predicted octanol–water partition coefficient (Wildman–Crippen LogP) is 2.53. The molecule has 4 unspecified atom stereocenters. The minimum atomic E-state index is -0.340. The molecule has 3 nitrogen and oxygen atoms in total. The molecule has 0 bridgehead atoms. The summed E-state index contributed by atoms with van der Waals surface area (Å²) in [4.78, 5) is 0. The number of aliphatic hydroxyl groups is 2. The van der Waals surface area contributed by atoms with Crippen molar-refractivity contribution in [1.29, 1.82) is 0 Å². The van der Waals surface area contributed by atoms with Gasteiger partial charge in [0.05, 0.1) is 12.2 Å². The van der Waals surface area contributed by atoms with E-state index in [0.29, 0.717) is 11.8 Å². The van der Waals surface area contributed by atoms with Crippen molar-refractivity contribution in [1.82, 2.24) is 0 Å². The smallest absolute Gasteiger partial charge is 0.0758 e. The Hall–Kier alpha value is -0.640. The lowest BCUT2D eigenvalue weighted by Crippen LogP contribution is -2.51. The summed E-state index contributed by atoms with van der Waals surface area (Å²) in [6.07, 6.45) is 9.52. The second-order valence-electron chi connectivity index (χ2n) is 8.56. The minimum absolute atomic E-state index is 0.0921. The Morgan fingerprint density at radius 2 is 1.95 bits per heavy atom. The molecule has 0 heterocycles. The van der Waals surface area contributed by atoms with E-state index in [1.165, 1.54) is 11.1 Å². The Morgan fingerprint density at radius 3 is 2.73 bits per heavy atom. The molecule has 0 radical (unpaired) electrons. The topological polar surface area (TPSA) is 66.5 Å². The maximum Gasteiger partial charge on any atom is 0.0758 e. The molecule has 0 aromatic rings. The van der Waals surface area contributed by atoms with Gasteiger partial charge in [0.15, 0.2) is 0 Å². The fourth-order valence-electron chi connectivity index (χ4n) is 6.05. The predicted molar refractivity (Wildman–Crippen MR) is 87.1 cm³/mol. The van der Waals surface area contributed by atoms with Crippen molar-refractivity contribution in [2.24, 2.45) is 28.4 Å². The highest BCUT2D eigenvalue weighted by Crippen LogP contribution is 2.62. The van der Waals surface area contributed by atoms with E-state index in [0.717, 1.165) is 38.5 Å². The van der Waals surface area contributed by atoms with Gasteiger partial charge in [-0.25, -0.2) is 0 Å². The van der Waals surface area contributed by atoms with E-state index in [1.807, 2.05) is 6.08 Å². The molecule has 4 aliphatic carbocycles. The van der Waals surface area contributed by atoms with Crippen LogP contribution in [0.4, 0.5) is 0 Å². The summed E-state index contributed by atoms with van der Waals surface area (Å²) in [6, 6.07) is 0.248. The molecule has 0 aliphatic heterocycles. The maximum atomic E-state index is 10.9. The van der Waals surface area contributed by atoms with Crippen LogP contribution < -0.4 is 5.73 Å². The van der Waals surface area contributed by atoms with Gasteiger partial charge < -0.3 is 15.9 Å². The Bertz CT molecular complexity index is 554. The van der Waals surface area contributed by atoms with E-state index >= 15 is 0 Å². The van der Waals surface area contributed by atoms with Crippen LogP contribution in [0.25, 0.3) is 0 Å². The highest BCUT2D eigenvalue weighted by Gasteiger charge is 2.55. The third-order valence-electron chi connectivity index (χ3n) is 7.59. The number of rotatable bonds is 0. The SMILES string of the molecule is C[C@]12CC[C@@H]3C(=C1CCC2N)C(O)CC1CC(O)C=C[C@@]13C. The Labute approximate surface area is 133 Å². The molecule has 4 N–H and O–H groups in total. The fraction of sp³-hybridized carbons (Fsp3) is 0.789. The van der Waals surface area contributed by atoms with Crippen LogP contribution in [0.15, 0.2) is 23.3 Å². The molecule has 0 amide bonds. The maximum absolute atomic E-state index is 10.9. The number of allylic oxidation sites excluding steroid dienone is 1. The van der Waals surface area contributed by atoms with Gasteiger partial charge in [-0.05, 0) is 61.3 Å². The van der Waals surface area contributed by atoms with Crippen molar-refractivity contribution in [3.8, 4) is 0 Å². The zero-order valence-corrected chi connectivity index (χ0v) is 13.8. The average molecular weight is 303 g/mol. The summed E-state index contributed by atoms with van der Waals surface area (Å²) in [5.41, 5.74) is 9.40. The van der Waals surface area contributed by atoms with Gasteiger partial charge in [0.2, 0.25) is 0 Å². The lowest BCUT2D eigenvalue weighted by atomic mass is 9.50. The number of nitrogens with two attached hydrogens (primary N) is 1. The lowest BCUT2D eigenvalue weighted by molar-refractivity contribution is -0.00107. The summed E-state index contributed by atoms with van der Waals surface area (Å²) in [5.74, 6) is 0.814. The summed E-state index contributed by atoms with van der Waals surface area (Å²) >= 11 is 0. The highest BCUT2D eigenvalue weighted by molar-refractivity contribution is 5.39. The van der Waals surface area contributed by atoms with Gasteiger partial charge in [-0.1, -0.05) is 31.6 Å². The molecule has 122 valence electrons. The van der Waals surface area contributed by atoms with Gasteiger partial charge in [0, 0.05) is 11.5 Å². The van der Waals surface area contributed by atoms with Crippen LogP contribution in [0.5, 0.6) is 0 Å². The largest absolute Gasteiger partial charge is 0.389 e. The monoisotopic (exact) mass is 303 g/mol. The van der Waals surface area contributed by atoms with Gasteiger partial charge in [0.25, 0.3) is 0 Å². The number of aliphatic hydroxyl groups excluding tert-OH is 2. The van der Waals surface area contributed by atoms with Gasteiger partial charge >= 0.3 is 0 Å². The van der Waals surface area contributed by atoms with Crippen molar-refractivity contribution in [3.63, 3.8) is 0 Å². The molecular weight excluding hydrogens is 274 g/mol. The van der Waals surface area contributed by atoms with E-state index in [1.54, 1.807) is 0 Å². The van der Waals surface area contributed by atoms with E-state index < -0.39 is 0 Å². The summed E-state index contributed by atoms with van der Waals surface area (Å²) in [5, 5.41) is 20.9. The van der Waals surface area contributed by atoms with Crippen molar-refractivity contribution in [2.45, 2.75) is 70.6 Å². The zero-order chi connectivity index (χ0) is 15.7. The first kappa shape index (κ1) is 14.9. The van der Waals surface area contributed by atoms with Crippen LogP contribution in [0.2, 0.25) is 0 Å². The molecule has 0 spiro atoms. The van der Waals surface area contributed by atoms with Crippen molar-refractivity contribution < 1.29 is 10.2 Å². The molecule has 0 saturated heterocycles. The first-order chi connectivity index (χ1) is 10.4. The minimum Gasteiger partial charge on any atom is -0.389 e. The number of fused-ring (bicyclic) bond motifs is 4. The summed E-state index contributed by atoms with van der Waals surface area (Å²) in [6.45, 7) is 4.65. The molecule has 4 rings (SSSR count). The number of hydrogen-bond donors (Lipinski definition) is 3. The van der Waals surface area contributed by atoms with E-state index in [9.17, 15) is 10.2 Å². The fourth-order valence-corrected chi connectivity index (χ4v) is 6.05. The van der Waals surface area contributed by atoms with Gasteiger partial charge in [0.1, 0.15) is 0 Å². The molecule has 2 fully saturated rings. The second kappa shape index (κ2) is 4.68. The molecule has 0 aromatic carbocycles. The van der Waals surface area contributed by atoms with Gasteiger partial charge in [-0.15, -0.1) is 0 Å². The first-order valence-corrected chi connectivity index (χ1v) is 8.91. The van der Waals surface area contributed by atoms with Crippen LogP contribution in [-0.4, -0.2) is 28.5 Å². The van der Waals surface area contributed by atoms with Gasteiger partial charge in [-0.3, -0.25) is 0 Å². The molecule has 4 aliphatic rings.